The van der Waals surface area contributed by atoms with E-state index in [4.69, 9.17) is 4.74 Å². The van der Waals surface area contributed by atoms with Crippen LogP contribution in [-0.4, -0.2) is 53.7 Å². The summed E-state index contributed by atoms with van der Waals surface area (Å²) in [6, 6.07) is 15.4. The second-order valence-electron chi connectivity index (χ2n) is 7.71. The molecule has 1 aliphatic heterocycles. The molecule has 1 atom stereocenters. The zero-order valence-electron chi connectivity index (χ0n) is 16.2. The minimum atomic E-state index is 0.225. The highest BCUT2D eigenvalue weighted by molar-refractivity contribution is 5.41. The molecular formula is C23H30N2O2. The van der Waals surface area contributed by atoms with Crippen LogP contribution in [0.15, 0.2) is 42.5 Å². The van der Waals surface area contributed by atoms with E-state index in [1.54, 1.807) is 17.2 Å². The summed E-state index contributed by atoms with van der Waals surface area (Å²) in [4.78, 5) is 5.20. The Morgan fingerprint density at radius 2 is 1.81 bits per heavy atom. The van der Waals surface area contributed by atoms with Gasteiger partial charge in [0.25, 0.3) is 0 Å². The number of benzene rings is 2. The van der Waals surface area contributed by atoms with Gasteiger partial charge in [-0.1, -0.05) is 30.3 Å². The van der Waals surface area contributed by atoms with Crippen LogP contribution in [-0.2, 0) is 19.4 Å². The Hall–Kier alpha value is -2.04. The van der Waals surface area contributed by atoms with E-state index in [1.165, 1.54) is 24.8 Å². The first kappa shape index (κ1) is 18.3. The van der Waals surface area contributed by atoms with Crippen molar-refractivity contribution in [3.63, 3.8) is 0 Å². The second-order valence-corrected chi connectivity index (χ2v) is 7.71. The molecule has 0 aromatic heterocycles. The molecule has 1 fully saturated rings. The first-order valence-electron chi connectivity index (χ1n) is 10.2. The fourth-order valence-electron chi connectivity index (χ4n) is 4.46. The van der Waals surface area contributed by atoms with Gasteiger partial charge in [0, 0.05) is 38.8 Å². The number of ether oxygens (including phenoxy) is 1. The highest BCUT2D eigenvalue weighted by Crippen LogP contribution is 2.28. The molecule has 0 bridgehead atoms. The number of phenolic OH excluding ortho intramolecular Hbond substituents is 1. The van der Waals surface area contributed by atoms with Gasteiger partial charge in [-0.05, 0) is 55.0 Å². The lowest BCUT2D eigenvalue weighted by atomic mass is 9.87. The number of nitrogens with zero attached hydrogens (tertiary/aromatic N) is 2. The lowest BCUT2D eigenvalue weighted by Gasteiger charge is -2.41. The van der Waals surface area contributed by atoms with E-state index in [0.29, 0.717) is 18.4 Å². The fraction of sp³-hybridized carbons (Fsp3) is 0.478. The van der Waals surface area contributed by atoms with Crippen LogP contribution in [0.2, 0.25) is 0 Å². The number of phenols is 1. The maximum absolute atomic E-state index is 9.88. The van der Waals surface area contributed by atoms with Gasteiger partial charge in [0.1, 0.15) is 0 Å². The Morgan fingerprint density at radius 3 is 2.59 bits per heavy atom. The van der Waals surface area contributed by atoms with Crippen molar-refractivity contribution in [1.29, 1.82) is 0 Å². The van der Waals surface area contributed by atoms with Gasteiger partial charge in [0.2, 0.25) is 0 Å². The van der Waals surface area contributed by atoms with Crippen LogP contribution >= 0.6 is 0 Å². The molecular weight excluding hydrogens is 336 g/mol. The summed E-state index contributed by atoms with van der Waals surface area (Å²) in [7, 11) is 0. The monoisotopic (exact) mass is 366 g/mol. The number of fused-ring (bicyclic) bond motifs is 1. The largest absolute Gasteiger partial charge is 0.504 e. The van der Waals surface area contributed by atoms with Gasteiger partial charge in [0.05, 0.1) is 6.61 Å². The van der Waals surface area contributed by atoms with Crippen molar-refractivity contribution in [1.82, 2.24) is 9.80 Å². The molecule has 2 aliphatic rings. The molecule has 0 spiro atoms. The van der Waals surface area contributed by atoms with Crippen molar-refractivity contribution < 1.29 is 9.84 Å². The van der Waals surface area contributed by atoms with Gasteiger partial charge in [-0.3, -0.25) is 9.80 Å². The van der Waals surface area contributed by atoms with Crippen LogP contribution in [0.3, 0.4) is 0 Å². The maximum Gasteiger partial charge on any atom is 0.161 e. The average Bonchev–Trinajstić information content (AvgIpc) is 2.71. The fourth-order valence-corrected chi connectivity index (χ4v) is 4.46. The van der Waals surface area contributed by atoms with Crippen LogP contribution in [0.4, 0.5) is 0 Å². The smallest absolute Gasteiger partial charge is 0.161 e. The summed E-state index contributed by atoms with van der Waals surface area (Å²) in [5.74, 6) is 0.817. The molecule has 4 rings (SSSR count). The number of hydrogen-bond acceptors (Lipinski definition) is 4. The van der Waals surface area contributed by atoms with E-state index in [0.717, 1.165) is 32.7 Å². The third-order valence-corrected chi connectivity index (χ3v) is 5.97. The van der Waals surface area contributed by atoms with Gasteiger partial charge >= 0.3 is 0 Å². The Bertz CT molecular complexity index is 769. The third kappa shape index (κ3) is 4.28. The van der Waals surface area contributed by atoms with Gasteiger partial charge in [0.15, 0.2) is 11.5 Å². The Balaban J connectivity index is 1.31. The third-order valence-electron chi connectivity index (χ3n) is 5.97. The van der Waals surface area contributed by atoms with E-state index in [1.807, 2.05) is 19.1 Å². The second kappa shape index (κ2) is 8.32. The molecule has 0 unspecified atom stereocenters. The normalized spacial score (nSPS) is 21.0. The summed E-state index contributed by atoms with van der Waals surface area (Å²) in [5, 5.41) is 9.88. The number of hydrogen-bond donors (Lipinski definition) is 1. The lowest BCUT2D eigenvalue weighted by Crippen LogP contribution is -2.51. The van der Waals surface area contributed by atoms with E-state index >= 15 is 0 Å². The van der Waals surface area contributed by atoms with Crippen LogP contribution in [0.1, 0.15) is 30.0 Å². The van der Waals surface area contributed by atoms with Crippen molar-refractivity contribution in [2.24, 2.45) is 0 Å². The molecule has 4 heteroatoms. The van der Waals surface area contributed by atoms with Gasteiger partial charge in [-0.15, -0.1) is 0 Å². The van der Waals surface area contributed by atoms with Crippen molar-refractivity contribution in [2.75, 3.05) is 32.8 Å². The summed E-state index contributed by atoms with van der Waals surface area (Å²) < 4.78 is 5.51. The van der Waals surface area contributed by atoms with E-state index in [9.17, 15) is 5.11 Å². The SMILES string of the molecule is CCOc1cc(CN2CCN([C@@H]3CCc4ccccc4C3)CC2)ccc1O. The van der Waals surface area contributed by atoms with Crippen molar-refractivity contribution in [2.45, 2.75) is 38.8 Å². The van der Waals surface area contributed by atoms with Crippen molar-refractivity contribution in [3.8, 4) is 11.5 Å². The average molecular weight is 367 g/mol. The topological polar surface area (TPSA) is 35.9 Å². The molecule has 0 saturated carbocycles. The van der Waals surface area contributed by atoms with Crippen LogP contribution in [0.5, 0.6) is 11.5 Å². The van der Waals surface area contributed by atoms with Crippen LogP contribution in [0.25, 0.3) is 0 Å². The summed E-state index contributed by atoms with van der Waals surface area (Å²) in [6.07, 6.45) is 3.70. The molecule has 1 N–H and O–H groups in total. The quantitative estimate of drug-likeness (QED) is 0.879. The number of rotatable bonds is 5. The summed E-state index contributed by atoms with van der Waals surface area (Å²) in [6.45, 7) is 7.91. The number of aromatic hydroxyl groups is 1. The Labute approximate surface area is 162 Å². The van der Waals surface area contributed by atoms with Crippen molar-refractivity contribution in [3.05, 3.63) is 59.2 Å². The molecule has 1 saturated heterocycles. The zero-order valence-corrected chi connectivity index (χ0v) is 16.2. The minimum absolute atomic E-state index is 0.225. The van der Waals surface area contributed by atoms with E-state index in [-0.39, 0.29) is 5.75 Å². The molecule has 1 aliphatic carbocycles. The van der Waals surface area contributed by atoms with Crippen LogP contribution in [0, 0.1) is 0 Å². The summed E-state index contributed by atoms with van der Waals surface area (Å²) >= 11 is 0. The first-order chi connectivity index (χ1) is 13.2. The van der Waals surface area contributed by atoms with Crippen molar-refractivity contribution >= 4 is 0 Å². The predicted molar refractivity (Wildman–Crippen MR) is 108 cm³/mol. The van der Waals surface area contributed by atoms with Gasteiger partial charge in [-0.2, -0.15) is 0 Å². The van der Waals surface area contributed by atoms with E-state index in [2.05, 4.69) is 34.1 Å². The van der Waals surface area contributed by atoms with Gasteiger partial charge < -0.3 is 9.84 Å². The molecule has 144 valence electrons. The molecule has 0 amide bonds. The molecule has 1 heterocycles. The highest BCUT2D eigenvalue weighted by atomic mass is 16.5. The minimum Gasteiger partial charge on any atom is -0.504 e. The lowest BCUT2D eigenvalue weighted by molar-refractivity contribution is 0.0856. The summed E-state index contributed by atoms with van der Waals surface area (Å²) in [5.41, 5.74) is 4.30. The predicted octanol–water partition coefficient (Wildman–Crippen LogP) is 3.47. The number of aryl methyl sites for hydroxylation is 1. The maximum atomic E-state index is 9.88. The molecule has 27 heavy (non-hydrogen) atoms. The Kier molecular flexibility index (Phi) is 5.65. The Morgan fingerprint density at radius 1 is 1.04 bits per heavy atom. The van der Waals surface area contributed by atoms with Gasteiger partial charge in [-0.25, -0.2) is 0 Å². The molecule has 4 nitrogen and oxygen atoms in total. The highest BCUT2D eigenvalue weighted by Gasteiger charge is 2.27. The first-order valence-corrected chi connectivity index (χ1v) is 10.2. The zero-order chi connectivity index (χ0) is 18.6. The number of piperazine rings is 1. The standard InChI is InChI=1S/C23H30N2O2/c1-2-27-23-15-18(7-10-22(23)26)17-24-11-13-25(14-12-24)21-9-8-19-5-3-4-6-20(19)16-21/h3-7,10,15,21,26H,2,8-9,11-14,16-17H2,1H3/t21-/m1/s1. The molecule has 0 radical (unpaired) electrons. The van der Waals surface area contributed by atoms with E-state index < -0.39 is 0 Å². The van der Waals surface area contributed by atoms with Crippen LogP contribution < -0.4 is 4.74 Å². The molecule has 2 aromatic rings. The molecule has 2 aromatic carbocycles.